The van der Waals surface area contributed by atoms with Crippen LogP contribution in [0.25, 0.3) is 0 Å². The first kappa shape index (κ1) is 38.0. The normalized spacial score (nSPS) is 13.2. The Hall–Kier alpha value is -4.79. The Bertz CT molecular complexity index is 1840. The number of halogens is 10. The molecular formula is C34H26ClF9N2O4. The van der Waals surface area contributed by atoms with Crippen LogP contribution >= 0.6 is 11.6 Å². The summed E-state index contributed by atoms with van der Waals surface area (Å²) in [4.78, 5) is 28.9. The molecule has 0 aliphatic rings. The van der Waals surface area contributed by atoms with Crippen molar-refractivity contribution in [3.63, 3.8) is 0 Å². The van der Waals surface area contributed by atoms with Crippen LogP contribution in [0.15, 0.2) is 79.0 Å². The van der Waals surface area contributed by atoms with E-state index in [1.165, 1.54) is 12.1 Å². The highest BCUT2D eigenvalue weighted by molar-refractivity contribution is 6.30. The maximum absolute atomic E-state index is 15.2. The maximum atomic E-state index is 15.2. The van der Waals surface area contributed by atoms with Gasteiger partial charge in [-0.3, -0.25) is 14.6 Å². The molecule has 266 valence electrons. The summed E-state index contributed by atoms with van der Waals surface area (Å²) in [6.45, 7) is 0. The summed E-state index contributed by atoms with van der Waals surface area (Å²) in [5, 5.41) is 11.5. The fraction of sp³-hybridized carbons (Fsp3) is 0.265. The minimum Gasteiger partial charge on any atom is -0.481 e. The molecule has 0 aliphatic heterocycles. The fourth-order valence-electron chi connectivity index (χ4n) is 5.18. The van der Waals surface area contributed by atoms with Gasteiger partial charge in [0.05, 0.1) is 16.3 Å². The lowest BCUT2D eigenvalue weighted by Crippen LogP contribution is -2.49. The Morgan fingerprint density at radius 3 is 2.26 bits per heavy atom. The molecular weight excluding hydrogens is 707 g/mol. The third-order valence-electron chi connectivity index (χ3n) is 7.46. The van der Waals surface area contributed by atoms with Gasteiger partial charge in [0.15, 0.2) is 0 Å². The summed E-state index contributed by atoms with van der Waals surface area (Å²) in [5.74, 6) is -6.31. The summed E-state index contributed by atoms with van der Waals surface area (Å²) in [6.07, 6.45) is -12.8. The van der Waals surface area contributed by atoms with Gasteiger partial charge in [-0.1, -0.05) is 35.9 Å². The minimum absolute atomic E-state index is 0.0746. The molecule has 0 fully saturated rings. The van der Waals surface area contributed by atoms with Gasteiger partial charge in [0.25, 0.3) is 5.91 Å². The van der Waals surface area contributed by atoms with Crippen LogP contribution in [0.5, 0.6) is 5.75 Å². The van der Waals surface area contributed by atoms with Crippen molar-refractivity contribution in [1.82, 2.24) is 10.3 Å². The Morgan fingerprint density at radius 2 is 1.62 bits per heavy atom. The van der Waals surface area contributed by atoms with Crippen molar-refractivity contribution in [2.45, 2.75) is 56.4 Å². The first-order valence-corrected chi connectivity index (χ1v) is 15.0. The molecule has 0 saturated heterocycles. The van der Waals surface area contributed by atoms with Crippen molar-refractivity contribution in [2.75, 3.05) is 0 Å². The molecule has 0 spiro atoms. The van der Waals surface area contributed by atoms with Gasteiger partial charge in [0.1, 0.15) is 22.9 Å². The van der Waals surface area contributed by atoms with Gasteiger partial charge in [-0.15, -0.1) is 0 Å². The minimum atomic E-state index is -5.20. The molecule has 6 nitrogen and oxygen atoms in total. The van der Waals surface area contributed by atoms with E-state index in [2.05, 4.69) is 15.0 Å². The maximum Gasteiger partial charge on any atom is 0.461 e. The number of carbonyl (C=O) groups is 2. The average molecular weight is 733 g/mol. The van der Waals surface area contributed by atoms with E-state index in [1.54, 1.807) is 24.3 Å². The predicted octanol–water partition coefficient (Wildman–Crippen LogP) is 8.98. The Kier molecular flexibility index (Phi) is 11.7. The lowest BCUT2D eigenvalue weighted by Gasteiger charge is -2.36. The second kappa shape index (κ2) is 15.4. The number of rotatable bonds is 14. The standard InChI is InChI=1S/C34H26ClF9N2O4/c35-23-9-11-28(45-18-23)32(17-20-6-3-5-19(12-20)4-1-2-7-29(47)48,22-14-24(36)16-25(15-22)50-34(43,44)31(38)39)46-30(49)21-8-10-27(37)26(13-21)33(40,41)42/h3,5-6,8-16,18,31H,1-2,4,7,17H2,(H,46,49)(H,47,48). The third-order valence-corrected chi connectivity index (χ3v) is 7.69. The summed E-state index contributed by atoms with van der Waals surface area (Å²) in [5.41, 5.74) is -4.16. The molecule has 3 aromatic carbocycles. The molecule has 1 heterocycles. The monoisotopic (exact) mass is 732 g/mol. The molecule has 1 atom stereocenters. The lowest BCUT2D eigenvalue weighted by molar-refractivity contribution is -0.253. The van der Waals surface area contributed by atoms with Crippen LogP contribution in [0.2, 0.25) is 5.02 Å². The van der Waals surface area contributed by atoms with E-state index in [4.69, 9.17) is 16.7 Å². The SMILES string of the molecule is O=C(O)CCCCc1cccc(CC(NC(=O)c2ccc(F)c(C(F)(F)F)c2)(c2cc(F)cc(OC(F)(F)C(F)F)c2)c2ccc(Cl)cn2)c1. The van der Waals surface area contributed by atoms with Crippen LogP contribution in [0, 0.1) is 11.6 Å². The predicted molar refractivity (Wildman–Crippen MR) is 162 cm³/mol. The lowest BCUT2D eigenvalue weighted by atomic mass is 9.79. The number of carboxylic acid groups (broad SMARTS) is 1. The van der Waals surface area contributed by atoms with E-state index in [-0.39, 0.29) is 23.2 Å². The van der Waals surface area contributed by atoms with Crippen LogP contribution < -0.4 is 10.1 Å². The van der Waals surface area contributed by atoms with Crippen molar-refractivity contribution in [3.8, 4) is 5.75 Å². The largest absolute Gasteiger partial charge is 0.481 e. The number of nitrogens with zero attached hydrogens (tertiary/aromatic N) is 1. The Labute approximate surface area is 283 Å². The van der Waals surface area contributed by atoms with Crippen LogP contribution in [-0.2, 0) is 29.4 Å². The number of benzene rings is 3. The van der Waals surface area contributed by atoms with Gasteiger partial charge < -0.3 is 15.2 Å². The quantitative estimate of drug-likeness (QED) is 0.0999. The number of ether oxygens (including phenoxy) is 1. The molecule has 0 saturated carbocycles. The van der Waals surface area contributed by atoms with Crippen LogP contribution in [0.3, 0.4) is 0 Å². The van der Waals surface area contributed by atoms with Gasteiger partial charge in [-0.05, 0) is 78.4 Å². The number of carboxylic acids is 1. The zero-order valence-electron chi connectivity index (χ0n) is 25.5. The van der Waals surface area contributed by atoms with Crippen molar-refractivity contribution in [2.24, 2.45) is 0 Å². The van der Waals surface area contributed by atoms with Crippen LogP contribution in [0.4, 0.5) is 39.5 Å². The Morgan fingerprint density at radius 1 is 0.900 bits per heavy atom. The smallest absolute Gasteiger partial charge is 0.461 e. The average Bonchev–Trinajstić information content (AvgIpc) is 3.02. The number of nitrogens with one attached hydrogen (secondary N) is 1. The number of amides is 1. The topological polar surface area (TPSA) is 88.5 Å². The number of aryl methyl sites for hydroxylation is 1. The van der Waals surface area contributed by atoms with E-state index in [1.807, 2.05) is 0 Å². The molecule has 1 aromatic heterocycles. The first-order chi connectivity index (χ1) is 23.4. The molecule has 1 unspecified atom stereocenters. The van der Waals surface area contributed by atoms with Gasteiger partial charge in [0.2, 0.25) is 0 Å². The number of aliphatic carboxylic acids is 1. The first-order valence-electron chi connectivity index (χ1n) is 14.7. The summed E-state index contributed by atoms with van der Waals surface area (Å²) < 4.78 is 128. The second-order valence-corrected chi connectivity index (χ2v) is 11.6. The van der Waals surface area contributed by atoms with Crippen molar-refractivity contribution in [3.05, 3.63) is 129 Å². The van der Waals surface area contributed by atoms with Crippen molar-refractivity contribution >= 4 is 23.5 Å². The molecule has 50 heavy (non-hydrogen) atoms. The van der Waals surface area contributed by atoms with E-state index < -0.39 is 76.6 Å². The van der Waals surface area contributed by atoms with E-state index >= 15 is 4.39 Å². The molecule has 0 bridgehead atoms. The zero-order valence-corrected chi connectivity index (χ0v) is 26.3. The highest BCUT2D eigenvalue weighted by Gasteiger charge is 2.45. The number of carbonyl (C=O) groups excluding carboxylic acids is 1. The molecule has 4 aromatic rings. The fourth-order valence-corrected chi connectivity index (χ4v) is 5.29. The number of aromatic nitrogens is 1. The zero-order chi connectivity index (χ0) is 36.9. The molecule has 0 aliphatic carbocycles. The van der Waals surface area contributed by atoms with Crippen molar-refractivity contribution in [1.29, 1.82) is 0 Å². The Balaban J connectivity index is 1.92. The summed E-state index contributed by atoms with van der Waals surface area (Å²) >= 11 is 6.04. The van der Waals surface area contributed by atoms with Gasteiger partial charge in [0, 0.05) is 30.7 Å². The van der Waals surface area contributed by atoms with Gasteiger partial charge in [-0.2, -0.15) is 30.7 Å². The molecule has 4 rings (SSSR count). The number of pyridine rings is 1. The molecule has 1 amide bonds. The summed E-state index contributed by atoms with van der Waals surface area (Å²) in [7, 11) is 0. The van der Waals surface area contributed by atoms with Gasteiger partial charge in [-0.25, -0.2) is 8.78 Å². The van der Waals surface area contributed by atoms with Crippen LogP contribution in [-0.4, -0.2) is 34.5 Å². The van der Waals surface area contributed by atoms with E-state index in [0.29, 0.717) is 42.5 Å². The van der Waals surface area contributed by atoms with E-state index in [9.17, 15) is 44.7 Å². The number of unbranched alkanes of at least 4 members (excludes halogenated alkanes) is 1. The highest BCUT2D eigenvalue weighted by Crippen LogP contribution is 2.38. The molecule has 0 radical (unpaired) electrons. The van der Waals surface area contributed by atoms with Crippen LogP contribution in [0.1, 0.15) is 57.6 Å². The molecule has 2 N–H and O–H groups in total. The number of hydrogen-bond donors (Lipinski definition) is 2. The van der Waals surface area contributed by atoms with Gasteiger partial charge >= 0.3 is 24.7 Å². The number of hydrogen-bond acceptors (Lipinski definition) is 4. The van der Waals surface area contributed by atoms with Crippen molar-refractivity contribution < 1.29 is 58.9 Å². The summed E-state index contributed by atoms with van der Waals surface area (Å²) in [6, 6.07) is 12.3. The van der Waals surface area contributed by atoms with E-state index in [0.717, 1.165) is 24.4 Å². The highest BCUT2D eigenvalue weighted by atomic mass is 35.5. The molecule has 16 heteroatoms. The number of alkyl halides is 7. The second-order valence-electron chi connectivity index (χ2n) is 11.2. The third kappa shape index (κ3) is 9.46.